The van der Waals surface area contributed by atoms with Gasteiger partial charge in [-0.25, -0.2) is 0 Å². The molecule has 0 spiro atoms. The summed E-state index contributed by atoms with van der Waals surface area (Å²) in [6.45, 7) is 23.1. The van der Waals surface area contributed by atoms with E-state index >= 15 is 0 Å². The molecule has 9 rings (SSSR count). The first-order valence-electron chi connectivity index (χ1n) is 20.7. The lowest BCUT2D eigenvalue weighted by Gasteiger charge is -2.43. The Bertz CT molecular complexity index is 2580. The number of thiophene rings is 1. The van der Waals surface area contributed by atoms with E-state index in [4.69, 9.17) is 0 Å². The monoisotopic (exact) mass is 775 g/mol. The van der Waals surface area contributed by atoms with Gasteiger partial charge in [-0.15, -0.1) is 11.3 Å². The van der Waals surface area contributed by atoms with Crippen molar-refractivity contribution in [1.29, 1.82) is 0 Å². The Morgan fingerprint density at radius 1 is 0.483 bits per heavy atom. The van der Waals surface area contributed by atoms with Gasteiger partial charge in [0.15, 0.2) is 0 Å². The third kappa shape index (κ3) is 6.35. The Morgan fingerprint density at radius 2 is 0.948 bits per heavy atom. The number of hydrogen-bond donors (Lipinski definition) is 0. The van der Waals surface area contributed by atoms with Crippen LogP contribution in [0.4, 0.5) is 50.5 Å². The van der Waals surface area contributed by atoms with Gasteiger partial charge in [-0.3, -0.25) is 0 Å². The second kappa shape index (κ2) is 13.8. The van der Waals surface area contributed by atoms with Crippen molar-refractivity contribution < 1.29 is 0 Å². The van der Waals surface area contributed by atoms with E-state index in [0.717, 1.165) is 11.4 Å². The van der Waals surface area contributed by atoms with Crippen molar-refractivity contribution in [1.82, 2.24) is 0 Å². The lowest BCUT2D eigenvalue weighted by atomic mass is 9.36. The molecule has 0 saturated heterocycles. The van der Waals surface area contributed by atoms with E-state index in [0.29, 0.717) is 0 Å². The number of benzene rings is 6. The van der Waals surface area contributed by atoms with E-state index < -0.39 is 0 Å². The normalized spacial score (nSPS) is 13.6. The predicted molar refractivity (Wildman–Crippen MR) is 254 cm³/mol. The maximum Gasteiger partial charge on any atom is 0.264 e. The van der Waals surface area contributed by atoms with Gasteiger partial charge in [0.25, 0.3) is 6.71 Å². The summed E-state index contributed by atoms with van der Waals surface area (Å²) in [4.78, 5) is 7.56. The molecule has 58 heavy (non-hydrogen) atoms. The van der Waals surface area contributed by atoms with E-state index in [9.17, 15) is 0 Å². The zero-order valence-corrected chi connectivity index (χ0v) is 36.5. The van der Waals surface area contributed by atoms with Gasteiger partial charge in [0.2, 0.25) is 0 Å². The number of hydrogen-bond acceptors (Lipinski definition) is 4. The number of fused-ring (bicyclic) bond motifs is 4. The SMILES string of the molecule is Cc1c(N(c2ccccc2)c2ccccc2)sc2c1N(c1ccc(C(C)(C)C)cc1)c1cccc3c1B2c1cc(C(C)(C)C)ccc1N3c1ccc(C(C)(C)C)cc1. The van der Waals surface area contributed by atoms with Gasteiger partial charge in [0.1, 0.15) is 5.00 Å². The summed E-state index contributed by atoms with van der Waals surface area (Å²) >= 11 is 1.95. The molecule has 0 radical (unpaired) electrons. The van der Waals surface area contributed by atoms with E-state index in [2.05, 4.69) is 230 Å². The number of para-hydroxylation sites is 2. The number of rotatable bonds is 5. The van der Waals surface area contributed by atoms with Crippen LogP contribution in [0.15, 0.2) is 146 Å². The van der Waals surface area contributed by atoms with Gasteiger partial charge in [-0.2, -0.15) is 0 Å². The molecule has 1 aromatic heterocycles. The fourth-order valence-electron chi connectivity index (χ4n) is 8.87. The molecule has 5 heteroatoms. The molecule has 0 atom stereocenters. The molecule has 0 N–H and O–H groups in total. The number of anilines is 9. The van der Waals surface area contributed by atoms with Gasteiger partial charge in [0, 0.05) is 50.2 Å². The van der Waals surface area contributed by atoms with Crippen molar-refractivity contribution in [3.05, 3.63) is 168 Å². The average molecular weight is 776 g/mol. The summed E-state index contributed by atoms with van der Waals surface area (Å²) in [7, 11) is 0. The highest BCUT2D eigenvalue weighted by Gasteiger charge is 2.46. The molecule has 2 aliphatic heterocycles. The van der Waals surface area contributed by atoms with Crippen LogP contribution in [0.1, 0.15) is 84.6 Å². The van der Waals surface area contributed by atoms with Crippen LogP contribution in [0.25, 0.3) is 0 Å². The van der Waals surface area contributed by atoms with Gasteiger partial charge in [0.05, 0.1) is 5.69 Å². The molecule has 6 aromatic carbocycles. The first kappa shape index (κ1) is 38.0. The van der Waals surface area contributed by atoms with Crippen LogP contribution in [0.5, 0.6) is 0 Å². The first-order chi connectivity index (χ1) is 27.6. The molecular formula is C53H54BN3S. The van der Waals surface area contributed by atoms with E-state index in [1.165, 1.54) is 77.1 Å². The minimum Gasteiger partial charge on any atom is -0.311 e. The summed E-state index contributed by atoms with van der Waals surface area (Å²) in [6, 6.07) is 54.6. The van der Waals surface area contributed by atoms with E-state index in [1.54, 1.807) is 0 Å². The fraction of sp³-hybridized carbons (Fsp3) is 0.245. The maximum absolute atomic E-state index is 2.57. The highest BCUT2D eigenvalue weighted by molar-refractivity contribution is 7.32. The van der Waals surface area contributed by atoms with Crippen LogP contribution in [-0.4, -0.2) is 6.71 Å². The second-order valence-electron chi connectivity index (χ2n) is 19.2. The Morgan fingerprint density at radius 3 is 1.45 bits per heavy atom. The third-order valence-electron chi connectivity index (χ3n) is 12.1. The smallest absolute Gasteiger partial charge is 0.264 e. The topological polar surface area (TPSA) is 9.72 Å². The Hall–Kier alpha value is -5.52. The molecule has 0 saturated carbocycles. The van der Waals surface area contributed by atoms with Crippen LogP contribution in [0.2, 0.25) is 0 Å². The van der Waals surface area contributed by atoms with Crippen LogP contribution in [0.3, 0.4) is 0 Å². The second-order valence-corrected chi connectivity index (χ2v) is 20.2. The molecule has 3 heterocycles. The van der Waals surface area contributed by atoms with Crippen LogP contribution in [-0.2, 0) is 16.2 Å². The Balaban J connectivity index is 1.35. The van der Waals surface area contributed by atoms with Gasteiger partial charge >= 0.3 is 0 Å². The van der Waals surface area contributed by atoms with Crippen molar-refractivity contribution in [2.24, 2.45) is 0 Å². The first-order valence-corrected chi connectivity index (χ1v) is 21.5. The highest BCUT2D eigenvalue weighted by Crippen LogP contribution is 2.51. The number of nitrogens with zero attached hydrogens (tertiary/aromatic N) is 3. The zero-order chi connectivity index (χ0) is 40.7. The summed E-state index contributed by atoms with van der Waals surface area (Å²) in [6.07, 6.45) is 0. The van der Waals surface area contributed by atoms with Gasteiger partial charge in [-0.05, 0) is 118 Å². The molecule has 0 amide bonds. The molecule has 290 valence electrons. The third-order valence-corrected chi connectivity index (χ3v) is 13.4. The standard InChI is InChI=1S/C53H54BN3S/c1-35-48-49(58-50(35)55(39-18-13-11-14-19-39)40-20-15-12-16-21-40)54-43-34-38(53(8,9)10)28-33-44(43)56(41-29-24-36(25-30-41)51(2,3)4)45-22-17-23-46(47(45)54)57(48)42-31-26-37(27-32-42)52(5,6)7/h11-34H,1-10H3. The van der Waals surface area contributed by atoms with Crippen LogP contribution < -0.4 is 30.4 Å². The Kier molecular flexibility index (Phi) is 9.05. The van der Waals surface area contributed by atoms with Crippen LogP contribution in [0, 0.1) is 6.92 Å². The molecule has 3 nitrogen and oxygen atoms in total. The lowest BCUT2D eigenvalue weighted by molar-refractivity contribution is 0.590. The van der Waals surface area contributed by atoms with E-state index in [1.807, 2.05) is 11.3 Å². The zero-order valence-electron chi connectivity index (χ0n) is 35.7. The molecular weight excluding hydrogens is 721 g/mol. The van der Waals surface area contributed by atoms with Gasteiger partial charge < -0.3 is 14.7 Å². The lowest BCUT2D eigenvalue weighted by Crippen LogP contribution is -2.60. The fourth-order valence-corrected chi connectivity index (χ4v) is 10.3. The summed E-state index contributed by atoms with van der Waals surface area (Å²) in [5.74, 6) is 0. The molecule has 0 bridgehead atoms. The van der Waals surface area contributed by atoms with Crippen molar-refractivity contribution in [2.45, 2.75) is 85.5 Å². The summed E-state index contributed by atoms with van der Waals surface area (Å²) < 4.78 is 1.37. The quantitative estimate of drug-likeness (QED) is 0.161. The van der Waals surface area contributed by atoms with Gasteiger partial charge in [-0.1, -0.05) is 141 Å². The molecule has 7 aromatic rings. The Labute approximate surface area is 350 Å². The molecule has 0 fully saturated rings. The summed E-state index contributed by atoms with van der Waals surface area (Å²) in [5.41, 5.74) is 17.8. The highest BCUT2D eigenvalue weighted by atomic mass is 32.1. The largest absolute Gasteiger partial charge is 0.311 e. The molecule has 0 aliphatic carbocycles. The molecule has 2 aliphatic rings. The summed E-state index contributed by atoms with van der Waals surface area (Å²) in [5, 5.41) is 1.24. The maximum atomic E-state index is 2.57. The van der Waals surface area contributed by atoms with Crippen molar-refractivity contribution >= 4 is 84.3 Å². The molecule has 0 unspecified atom stereocenters. The van der Waals surface area contributed by atoms with Crippen molar-refractivity contribution in [3.8, 4) is 0 Å². The van der Waals surface area contributed by atoms with E-state index in [-0.39, 0.29) is 23.0 Å². The predicted octanol–water partition coefficient (Wildman–Crippen LogP) is 13.5. The van der Waals surface area contributed by atoms with Crippen molar-refractivity contribution in [2.75, 3.05) is 14.7 Å². The minimum absolute atomic E-state index is 0.0136. The minimum atomic E-state index is -0.0136. The van der Waals surface area contributed by atoms with Crippen LogP contribution >= 0.6 is 11.3 Å². The van der Waals surface area contributed by atoms with Crippen molar-refractivity contribution in [3.63, 3.8) is 0 Å². The average Bonchev–Trinajstić information content (AvgIpc) is 3.53.